The number of aryl methyl sites for hydroxylation is 1. The molecule has 1 heterocycles. The van der Waals surface area contributed by atoms with Gasteiger partial charge < -0.3 is 5.32 Å². The minimum Gasteiger partial charge on any atom is -0.348 e. The smallest absolute Gasteiger partial charge is 0.263 e. The number of nitrogens with one attached hydrogen (secondary N) is 2. The first-order valence-electron chi connectivity index (χ1n) is 12.2. The van der Waals surface area contributed by atoms with E-state index in [9.17, 15) is 13.2 Å². The number of benzene rings is 3. The molecule has 0 radical (unpaired) electrons. The van der Waals surface area contributed by atoms with E-state index in [4.69, 9.17) is 11.6 Å². The molecule has 36 heavy (non-hydrogen) atoms. The van der Waals surface area contributed by atoms with Crippen LogP contribution < -0.4 is 10.0 Å². The summed E-state index contributed by atoms with van der Waals surface area (Å²) in [7, 11) is -3.99. The molecule has 1 saturated heterocycles. The van der Waals surface area contributed by atoms with Crippen molar-refractivity contribution in [3.05, 3.63) is 93.5 Å². The van der Waals surface area contributed by atoms with E-state index in [-0.39, 0.29) is 21.4 Å². The highest BCUT2D eigenvalue weighted by Gasteiger charge is 2.21. The van der Waals surface area contributed by atoms with Crippen LogP contribution in [0, 0.1) is 13.8 Å². The van der Waals surface area contributed by atoms with Crippen LogP contribution in [0.3, 0.4) is 0 Å². The predicted molar refractivity (Wildman–Crippen MR) is 145 cm³/mol. The van der Waals surface area contributed by atoms with E-state index < -0.39 is 10.0 Å². The van der Waals surface area contributed by atoms with Crippen LogP contribution in [0.15, 0.2) is 65.6 Å². The second kappa shape index (κ2) is 11.5. The van der Waals surface area contributed by atoms with E-state index in [1.54, 1.807) is 12.1 Å². The zero-order valence-electron chi connectivity index (χ0n) is 20.7. The van der Waals surface area contributed by atoms with E-state index in [1.807, 2.05) is 32.0 Å². The van der Waals surface area contributed by atoms with Gasteiger partial charge in [-0.1, -0.05) is 54.4 Å². The Morgan fingerprint density at radius 2 is 1.64 bits per heavy atom. The number of likely N-dealkylation sites (tertiary alicyclic amines) is 1. The number of hydrogen-bond donors (Lipinski definition) is 2. The van der Waals surface area contributed by atoms with Gasteiger partial charge in [0.1, 0.15) is 4.90 Å². The first kappa shape index (κ1) is 26.2. The van der Waals surface area contributed by atoms with Crippen molar-refractivity contribution in [2.45, 2.75) is 51.1 Å². The van der Waals surface area contributed by atoms with Gasteiger partial charge in [-0.15, -0.1) is 0 Å². The van der Waals surface area contributed by atoms with Crippen molar-refractivity contribution in [1.29, 1.82) is 0 Å². The number of amides is 1. The van der Waals surface area contributed by atoms with Gasteiger partial charge in [0, 0.05) is 18.7 Å². The molecule has 0 bridgehead atoms. The second-order valence-corrected chi connectivity index (χ2v) is 11.4. The largest absolute Gasteiger partial charge is 0.348 e. The summed E-state index contributed by atoms with van der Waals surface area (Å²) in [5.74, 6) is -0.368. The molecule has 1 amide bonds. The van der Waals surface area contributed by atoms with Crippen LogP contribution in [0.5, 0.6) is 0 Å². The van der Waals surface area contributed by atoms with Crippen LogP contribution in [-0.4, -0.2) is 32.3 Å². The monoisotopic (exact) mass is 525 g/mol. The lowest BCUT2D eigenvalue weighted by molar-refractivity contribution is 0.0950. The van der Waals surface area contributed by atoms with Crippen molar-refractivity contribution in [3.8, 4) is 0 Å². The summed E-state index contributed by atoms with van der Waals surface area (Å²) in [5.41, 5.74) is 4.73. The third-order valence-corrected chi connectivity index (χ3v) is 8.51. The summed E-state index contributed by atoms with van der Waals surface area (Å²) >= 11 is 6.23. The van der Waals surface area contributed by atoms with Crippen LogP contribution in [0.2, 0.25) is 5.02 Å². The summed E-state index contributed by atoms with van der Waals surface area (Å²) in [6.07, 6.45) is 3.85. The molecule has 8 heteroatoms. The molecule has 0 aromatic heterocycles. The highest BCUT2D eigenvalue weighted by molar-refractivity contribution is 7.92. The van der Waals surface area contributed by atoms with Gasteiger partial charge in [0.25, 0.3) is 15.9 Å². The van der Waals surface area contributed by atoms with Gasteiger partial charge in [-0.05, 0) is 86.3 Å². The average molecular weight is 526 g/mol. The molecular formula is C28H32ClN3O3S. The lowest BCUT2D eigenvalue weighted by Gasteiger charge is -2.26. The fourth-order valence-electron chi connectivity index (χ4n) is 4.33. The SMILES string of the molecule is Cc1cccc(NS(=O)(=O)c2cc(C(=O)NCc3ccc(CN4CCCCC4)cc3)ccc2Cl)c1C. The topological polar surface area (TPSA) is 78.5 Å². The molecule has 0 atom stereocenters. The molecule has 3 aromatic carbocycles. The number of carbonyl (C=O) groups excluding carboxylic acids is 1. The Balaban J connectivity index is 1.41. The third kappa shape index (κ3) is 6.46. The van der Waals surface area contributed by atoms with E-state index in [0.717, 1.165) is 36.3 Å². The molecule has 4 rings (SSSR count). The second-order valence-electron chi connectivity index (χ2n) is 9.33. The first-order valence-corrected chi connectivity index (χ1v) is 14.1. The van der Waals surface area contributed by atoms with Gasteiger partial charge in [-0.3, -0.25) is 14.4 Å². The van der Waals surface area contributed by atoms with Gasteiger partial charge in [0.05, 0.1) is 10.7 Å². The number of anilines is 1. The van der Waals surface area contributed by atoms with Crippen molar-refractivity contribution < 1.29 is 13.2 Å². The lowest BCUT2D eigenvalue weighted by Crippen LogP contribution is -2.29. The minimum atomic E-state index is -3.99. The molecule has 0 aliphatic carbocycles. The Morgan fingerprint density at radius 1 is 0.944 bits per heavy atom. The summed E-state index contributed by atoms with van der Waals surface area (Å²) in [5, 5.41) is 2.92. The van der Waals surface area contributed by atoms with Gasteiger partial charge >= 0.3 is 0 Å². The fraction of sp³-hybridized carbons (Fsp3) is 0.321. The molecule has 6 nitrogen and oxygen atoms in total. The minimum absolute atomic E-state index is 0.0497. The summed E-state index contributed by atoms with van der Waals surface area (Å²) < 4.78 is 28.8. The van der Waals surface area contributed by atoms with Crippen LogP contribution in [0.1, 0.15) is 51.9 Å². The standard InChI is InChI=1S/C28H32ClN3O3S/c1-20-7-6-8-26(21(20)2)31-36(34,35)27-17-24(13-14-25(27)29)28(33)30-18-22-9-11-23(12-10-22)19-32-15-4-3-5-16-32/h6-14,17,31H,3-5,15-16,18-19H2,1-2H3,(H,30,33). The maximum absolute atomic E-state index is 13.1. The molecule has 2 N–H and O–H groups in total. The maximum atomic E-state index is 13.1. The quantitative estimate of drug-likeness (QED) is 0.397. The van der Waals surface area contributed by atoms with Crippen molar-refractivity contribution in [1.82, 2.24) is 10.2 Å². The molecule has 3 aromatic rings. The average Bonchev–Trinajstić information content (AvgIpc) is 2.87. The molecule has 0 saturated carbocycles. The van der Waals surface area contributed by atoms with Crippen LogP contribution in [0.25, 0.3) is 0 Å². The zero-order valence-corrected chi connectivity index (χ0v) is 22.3. The zero-order chi connectivity index (χ0) is 25.7. The molecular weight excluding hydrogens is 494 g/mol. The van der Waals surface area contributed by atoms with Gasteiger partial charge in [0.15, 0.2) is 0 Å². The Kier molecular flexibility index (Phi) is 8.34. The summed E-state index contributed by atoms with van der Waals surface area (Å²) in [6, 6.07) is 17.9. The fourth-order valence-corrected chi connectivity index (χ4v) is 5.98. The normalized spacial score (nSPS) is 14.4. The number of carbonyl (C=O) groups is 1. The Hall–Kier alpha value is -2.87. The summed E-state index contributed by atoms with van der Waals surface area (Å²) in [4.78, 5) is 15.2. The van der Waals surface area contributed by atoms with Gasteiger partial charge in [0.2, 0.25) is 0 Å². The maximum Gasteiger partial charge on any atom is 0.263 e. The molecule has 1 fully saturated rings. The number of hydrogen-bond acceptors (Lipinski definition) is 4. The van der Waals surface area contributed by atoms with Gasteiger partial charge in [-0.2, -0.15) is 0 Å². The van der Waals surface area contributed by atoms with E-state index in [2.05, 4.69) is 27.1 Å². The first-order chi connectivity index (χ1) is 17.2. The number of nitrogens with zero attached hydrogens (tertiary/aromatic N) is 1. The highest BCUT2D eigenvalue weighted by atomic mass is 35.5. The molecule has 190 valence electrons. The van der Waals surface area contributed by atoms with Crippen molar-refractivity contribution >= 4 is 33.2 Å². The van der Waals surface area contributed by atoms with Crippen LogP contribution >= 0.6 is 11.6 Å². The third-order valence-electron chi connectivity index (χ3n) is 6.66. The van der Waals surface area contributed by atoms with Crippen LogP contribution in [0.4, 0.5) is 5.69 Å². The number of halogens is 1. The number of sulfonamides is 1. The lowest BCUT2D eigenvalue weighted by atomic mass is 10.1. The van der Waals surface area contributed by atoms with E-state index in [0.29, 0.717) is 12.2 Å². The van der Waals surface area contributed by atoms with Crippen molar-refractivity contribution in [3.63, 3.8) is 0 Å². The molecule has 1 aliphatic heterocycles. The van der Waals surface area contributed by atoms with Crippen molar-refractivity contribution in [2.75, 3.05) is 17.8 Å². The van der Waals surface area contributed by atoms with Crippen LogP contribution in [-0.2, 0) is 23.1 Å². The number of rotatable bonds is 8. The van der Waals surface area contributed by atoms with E-state index >= 15 is 0 Å². The highest BCUT2D eigenvalue weighted by Crippen LogP contribution is 2.27. The molecule has 0 unspecified atom stereocenters. The van der Waals surface area contributed by atoms with Crippen molar-refractivity contribution in [2.24, 2.45) is 0 Å². The Bertz CT molecular complexity index is 1330. The molecule has 0 spiro atoms. The molecule has 1 aliphatic rings. The van der Waals surface area contributed by atoms with E-state index in [1.165, 1.54) is 43.0 Å². The predicted octanol–water partition coefficient (Wildman–Crippen LogP) is 5.67. The number of piperidine rings is 1. The Labute approximate surface area is 218 Å². The van der Waals surface area contributed by atoms with Gasteiger partial charge in [-0.25, -0.2) is 8.42 Å². The summed E-state index contributed by atoms with van der Waals surface area (Å²) in [6.45, 7) is 7.35. The Morgan fingerprint density at radius 3 is 2.36 bits per heavy atom.